The maximum Gasteiger partial charge on any atom is 0.407 e. The van der Waals surface area contributed by atoms with Gasteiger partial charge in [0.2, 0.25) is 5.91 Å². The fourth-order valence-corrected chi connectivity index (χ4v) is 5.51. The smallest absolute Gasteiger partial charge is 0.407 e. The molecule has 8 heteroatoms. The molecule has 3 N–H and O–H groups in total. The fourth-order valence-electron chi connectivity index (χ4n) is 5.51. The summed E-state index contributed by atoms with van der Waals surface area (Å²) in [6.45, 7) is 0.511. The molecule has 0 bridgehead atoms. The zero-order valence-corrected chi connectivity index (χ0v) is 18.7. The fraction of sp³-hybridized carbons (Fsp3) is 0.423. The number of carboxylic acid groups (broad SMARTS) is 1. The predicted molar refractivity (Wildman–Crippen MR) is 123 cm³/mol. The normalized spacial score (nSPS) is 25.4. The van der Waals surface area contributed by atoms with E-state index in [1.54, 1.807) is 0 Å². The highest BCUT2D eigenvalue weighted by Gasteiger charge is 2.40. The highest BCUT2D eigenvalue weighted by Crippen LogP contribution is 2.44. The first-order valence-corrected chi connectivity index (χ1v) is 11.8. The number of nitrogens with one attached hydrogen (secondary N) is 2. The van der Waals surface area contributed by atoms with Gasteiger partial charge in [-0.1, -0.05) is 55.0 Å². The molecule has 2 amide bonds. The number of aliphatic carboxylic acids is 1. The third-order valence-electron chi connectivity index (χ3n) is 7.16. The summed E-state index contributed by atoms with van der Waals surface area (Å²) in [5, 5.41) is 14.9. The van der Waals surface area contributed by atoms with Gasteiger partial charge in [0.25, 0.3) is 0 Å². The number of hydrogen-bond acceptors (Lipinski definition) is 5. The lowest BCUT2D eigenvalue weighted by atomic mass is 9.98. The summed E-state index contributed by atoms with van der Waals surface area (Å²) in [5.74, 6) is -1.78. The molecule has 0 unspecified atom stereocenters. The lowest BCUT2D eigenvalue weighted by molar-refractivity contribution is -0.148. The number of carboxylic acids is 1. The van der Waals surface area contributed by atoms with Gasteiger partial charge in [0, 0.05) is 18.6 Å². The Kier molecular flexibility index (Phi) is 6.24. The molecule has 0 radical (unpaired) electrons. The Bertz CT molecular complexity index is 1060. The van der Waals surface area contributed by atoms with E-state index in [1.165, 1.54) is 0 Å². The van der Waals surface area contributed by atoms with E-state index in [0.717, 1.165) is 28.7 Å². The first-order valence-electron chi connectivity index (χ1n) is 11.8. The molecule has 3 aliphatic rings. The van der Waals surface area contributed by atoms with E-state index < -0.39 is 30.1 Å². The molecule has 178 valence electrons. The zero-order valence-electron chi connectivity index (χ0n) is 18.7. The number of rotatable bonds is 6. The molecular weight excluding hydrogens is 436 g/mol. The summed E-state index contributed by atoms with van der Waals surface area (Å²) in [6.07, 6.45) is 0.991. The van der Waals surface area contributed by atoms with Crippen molar-refractivity contribution in [3.63, 3.8) is 0 Å². The summed E-state index contributed by atoms with van der Waals surface area (Å²) in [6, 6.07) is 15.4. The van der Waals surface area contributed by atoms with Crippen LogP contribution in [0.1, 0.15) is 42.7 Å². The Morgan fingerprint density at radius 3 is 2.26 bits per heavy atom. The van der Waals surface area contributed by atoms with Crippen LogP contribution in [0.15, 0.2) is 48.5 Å². The number of ether oxygens (including phenoxy) is 2. The molecule has 8 nitrogen and oxygen atoms in total. The summed E-state index contributed by atoms with van der Waals surface area (Å²) >= 11 is 0. The van der Waals surface area contributed by atoms with E-state index in [9.17, 15) is 19.5 Å². The minimum Gasteiger partial charge on any atom is -0.479 e. The Morgan fingerprint density at radius 2 is 1.59 bits per heavy atom. The van der Waals surface area contributed by atoms with Crippen molar-refractivity contribution in [2.75, 3.05) is 13.2 Å². The molecule has 0 spiro atoms. The second kappa shape index (κ2) is 9.46. The van der Waals surface area contributed by atoms with Crippen LogP contribution in [-0.2, 0) is 19.1 Å². The van der Waals surface area contributed by atoms with Crippen molar-refractivity contribution >= 4 is 18.0 Å². The summed E-state index contributed by atoms with van der Waals surface area (Å²) < 4.78 is 10.8. The third kappa shape index (κ3) is 4.25. The van der Waals surface area contributed by atoms with Gasteiger partial charge in [-0.3, -0.25) is 4.79 Å². The van der Waals surface area contributed by atoms with Gasteiger partial charge < -0.3 is 25.2 Å². The Labute approximate surface area is 197 Å². The van der Waals surface area contributed by atoms with Crippen molar-refractivity contribution in [1.29, 1.82) is 0 Å². The molecule has 5 rings (SSSR count). The van der Waals surface area contributed by atoms with Gasteiger partial charge in [0.15, 0.2) is 6.10 Å². The molecule has 0 aromatic heterocycles. The van der Waals surface area contributed by atoms with Crippen LogP contribution in [0.2, 0.25) is 0 Å². The number of hydrogen-bond donors (Lipinski definition) is 3. The maximum atomic E-state index is 12.9. The van der Waals surface area contributed by atoms with Crippen molar-refractivity contribution in [2.24, 2.45) is 5.92 Å². The largest absolute Gasteiger partial charge is 0.479 e. The SMILES string of the molecule is O=C(N[C@H]1CCC[C@H]1C(=O)N[C@H]1CCO[C@H]1C(=O)O)OCC1c2ccccc2-c2ccccc21. The van der Waals surface area contributed by atoms with E-state index >= 15 is 0 Å². The van der Waals surface area contributed by atoms with Crippen LogP contribution in [0, 0.1) is 5.92 Å². The monoisotopic (exact) mass is 464 g/mol. The topological polar surface area (TPSA) is 114 Å². The lowest BCUT2D eigenvalue weighted by Gasteiger charge is -2.24. The van der Waals surface area contributed by atoms with Crippen molar-refractivity contribution in [3.05, 3.63) is 59.7 Å². The van der Waals surface area contributed by atoms with Crippen LogP contribution < -0.4 is 10.6 Å². The van der Waals surface area contributed by atoms with Crippen LogP contribution in [0.4, 0.5) is 4.79 Å². The van der Waals surface area contributed by atoms with E-state index in [4.69, 9.17) is 9.47 Å². The average molecular weight is 465 g/mol. The minimum absolute atomic E-state index is 0.0313. The quantitative estimate of drug-likeness (QED) is 0.606. The average Bonchev–Trinajstić information content (AvgIpc) is 3.55. The van der Waals surface area contributed by atoms with Crippen LogP contribution in [0.3, 0.4) is 0 Å². The van der Waals surface area contributed by atoms with E-state index in [2.05, 4.69) is 34.9 Å². The van der Waals surface area contributed by atoms with Gasteiger partial charge in [-0.05, 0) is 41.5 Å². The standard InChI is InChI=1S/C26H28N2O6/c29-24(27-22-12-13-33-23(22)25(30)31)19-10-5-11-21(19)28-26(32)34-14-20-17-8-3-1-6-15(17)16-7-2-4-9-18(16)20/h1-4,6-9,19-23H,5,10-14H2,(H,27,29)(H,28,32)(H,30,31)/t19-,21+,22+,23-/m1/s1. The molecule has 2 aromatic carbocycles. The van der Waals surface area contributed by atoms with Crippen molar-refractivity contribution < 1.29 is 29.0 Å². The predicted octanol–water partition coefficient (Wildman–Crippen LogP) is 3.05. The Balaban J connectivity index is 1.19. The second-order valence-electron chi connectivity index (χ2n) is 9.15. The summed E-state index contributed by atoms with van der Waals surface area (Å²) in [4.78, 5) is 36.8. The highest BCUT2D eigenvalue weighted by atomic mass is 16.5. The van der Waals surface area contributed by atoms with Crippen LogP contribution in [0.25, 0.3) is 11.1 Å². The lowest BCUT2D eigenvalue weighted by Crippen LogP contribution is -2.50. The molecule has 34 heavy (non-hydrogen) atoms. The van der Waals surface area contributed by atoms with E-state index in [-0.39, 0.29) is 24.5 Å². The number of fused-ring (bicyclic) bond motifs is 3. The van der Waals surface area contributed by atoms with Gasteiger partial charge >= 0.3 is 12.1 Å². The van der Waals surface area contributed by atoms with Gasteiger partial charge in [-0.2, -0.15) is 0 Å². The molecule has 1 aliphatic heterocycles. The minimum atomic E-state index is -1.08. The van der Waals surface area contributed by atoms with Crippen LogP contribution in [0.5, 0.6) is 0 Å². The highest BCUT2D eigenvalue weighted by molar-refractivity contribution is 5.83. The molecule has 2 aliphatic carbocycles. The zero-order chi connectivity index (χ0) is 23.7. The third-order valence-corrected chi connectivity index (χ3v) is 7.16. The molecule has 1 heterocycles. The van der Waals surface area contributed by atoms with E-state index in [1.807, 2.05) is 24.3 Å². The first-order chi connectivity index (χ1) is 16.5. The summed E-state index contributed by atoms with van der Waals surface area (Å²) in [7, 11) is 0. The second-order valence-corrected chi connectivity index (χ2v) is 9.15. The number of benzene rings is 2. The number of amides is 2. The van der Waals surface area contributed by atoms with Gasteiger partial charge in [0.1, 0.15) is 6.61 Å². The van der Waals surface area contributed by atoms with Crippen LogP contribution >= 0.6 is 0 Å². The Morgan fingerprint density at radius 1 is 0.912 bits per heavy atom. The number of carbonyl (C=O) groups is 3. The van der Waals surface area contributed by atoms with Crippen molar-refractivity contribution in [1.82, 2.24) is 10.6 Å². The maximum absolute atomic E-state index is 12.9. The first kappa shape index (κ1) is 22.4. The number of carbonyl (C=O) groups excluding carboxylic acids is 2. The van der Waals surface area contributed by atoms with Crippen LogP contribution in [-0.4, -0.2) is 54.5 Å². The molecule has 4 atom stereocenters. The van der Waals surface area contributed by atoms with E-state index in [0.29, 0.717) is 25.9 Å². The molecule has 2 aromatic rings. The van der Waals surface area contributed by atoms with Gasteiger partial charge in [0.05, 0.1) is 12.0 Å². The Hall–Kier alpha value is -3.39. The van der Waals surface area contributed by atoms with Gasteiger partial charge in [-0.25, -0.2) is 9.59 Å². The number of alkyl carbamates (subject to hydrolysis) is 1. The molecule has 2 fully saturated rings. The summed E-state index contributed by atoms with van der Waals surface area (Å²) in [5.41, 5.74) is 4.60. The molecule has 1 saturated heterocycles. The molecule has 1 saturated carbocycles. The van der Waals surface area contributed by atoms with Gasteiger partial charge in [-0.15, -0.1) is 0 Å². The molecular formula is C26H28N2O6. The van der Waals surface area contributed by atoms with Crippen molar-refractivity contribution in [3.8, 4) is 11.1 Å². The van der Waals surface area contributed by atoms with Crippen molar-refractivity contribution in [2.45, 2.75) is 49.8 Å².